The van der Waals surface area contributed by atoms with Crippen molar-refractivity contribution in [2.75, 3.05) is 0 Å². The highest BCUT2D eigenvalue weighted by atomic mass is 28.3. The average molecular weight is 211 g/mol. The van der Waals surface area contributed by atoms with Gasteiger partial charge in [0.25, 0.3) is 0 Å². The Balaban J connectivity index is 2.83. The molecular formula is C10H19N2OSi. The lowest BCUT2D eigenvalue weighted by atomic mass is 9.87. The van der Waals surface area contributed by atoms with E-state index in [9.17, 15) is 0 Å². The summed E-state index contributed by atoms with van der Waals surface area (Å²) in [6.07, 6.45) is 1.89. The third-order valence-electron chi connectivity index (χ3n) is 1.94. The number of rotatable bonds is 3. The Hall–Kier alpha value is -0.613. The van der Waals surface area contributed by atoms with Crippen molar-refractivity contribution in [3.8, 4) is 0 Å². The van der Waals surface area contributed by atoms with Gasteiger partial charge in [0.1, 0.15) is 0 Å². The van der Waals surface area contributed by atoms with Crippen molar-refractivity contribution in [2.45, 2.75) is 40.0 Å². The van der Waals surface area contributed by atoms with E-state index in [-0.39, 0.29) is 11.5 Å². The van der Waals surface area contributed by atoms with Crippen molar-refractivity contribution in [3.05, 3.63) is 18.0 Å². The average Bonchev–Trinajstić information content (AvgIpc) is 2.49. The summed E-state index contributed by atoms with van der Waals surface area (Å²) in [5, 5.41) is 6.96. The molecule has 1 aromatic rings. The van der Waals surface area contributed by atoms with Crippen molar-refractivity contribution >= 4 is 9.04 Å². The summed E-state index contributed by atoms with van der Waals surface area (Å²) in [7, 11) is -0.689. The van der Waals surface area contributed by atoms with Gasteiger partial charge >= 0.3 is 0 Å². The molecule has 3 nitrogen and oxygen atoms in total. The van der Waals surface area contributed by atoms with Crippen LogP contribution in [0, 0.1) is 5.41 Å². The molecule has 0 bridgehead atoms. The quantitative estimate of drug-likeness (QED) is 0.781. The Morgan fingerprint density at radius 3 is 2.43 bits per heavy atom. The van der Waals surface area contributed by atoms with E-state index in [4.69, 9.17) is 4.43 Å². The summed E-state index contributed by atoms with van der Waals surface area (Å²) in [6.45, 7) is 10.9. The van der Waals surface area contributed by atoms with Crippen LogP contribution < -0.4 is 0 Å². The number of aromatic amines is 1. The van der Waals surface area contributed by atoms with E-state index in [1.165, 1.54) is 0 Å². The van der Waals surface area contributed by atoms with Gasteiger partial charge in [0.15, 0.2) is 0 Å². The van der Waals surface area contributed by atoms with E-state index in [0.717, 1.165) is 5.69 Å². The van der Waals surface area contributed by atoms with E-state index in [1.54, 1.807) is 6.20 Å². The van der Waals surface area contributed by atoms with Crippen LogP contribution in [0.4, 0.5) is 0 Å². The minimum atomic E-state index is -0.689. The standard InChI is InChI=1S/C10H19N2OSi/c1-10(2,3)9(13-14(4)5)8-6-7-11-12-8/h6-7,9H,1-5H3,(H,11,12). The fourth-order valence-electron chi connectivity index (χ4n) is 1.36. The second kappa shape index (κ2) is 4.27. The summed E-state index contributed by atoms with van der Waals surface area (Å²) in [5.41, 5.74) is 1.18. The molecular weight excluding hydrogens is 192 g/mol. The summed E-state index contributed by atoms with van der Waals surface area (Å²) < 4.78 is 5.99. The normalized spacial score (nSPS) is 14.7. The van der Waals surface area contributed by atoms with Gasteiger partial charge in [-0.15, -0.1) is 0 Å². The van der Waals surface area contributed by atoms with Gasteiger partial charge in [-0.05, 0) is 24.6 Å². The lowest BCUT2D eigenvalue weighted by Gasteiger charge is -2.31. The maximum atomic E-state index is 5.99. The smallest absolute Gasteiger partial charge is 0.205 e. The van der Waals surface area contributed by atoms with Gasteiger partial charge in [-0.1, -0.05) is 20.8 Å². The minimum absolute atomic E-state index is 0.106. The van der Waals surface area contributed by atoms with Gasteiger partial charge in [0, 0.05) is 6.20 Å². The van der Waals surface area contributed by atoms with E-state index in [1.807, 2.05) is 6.07 Å². The number of H-pyrrole nitrogens is 1. The summed E-state index contributed by atoms with van der Waals surface area (Å²) in [6, 6.07) is 1.99. The molecule has 1 unspecified atom stereocenters. The molecule has 1 radical (unpaired) electrons. The molecule has 0 saturated carbocycles. The molecule has 0 aliphatic rings. The SMILES string of the molecule is C[Si](C)OC(c1ccn[nH]1)C(C)(C)C. The highest BCUT2D eigenvalue weighted by Gasteiger charge is 2.28. The molecule has 14 heavy (non-hydrogen) atoms. The Morgan fingerprint density at radius 1 is 1.43 bits per heavy atom. The number of nitrogens with zero attached hydrogens (tertiary/aromatic N) is 1. The third kappa shape index (κ3) is 2.96. The molecule has 1 rings (SSSR count). The molecule has 4 heteroatoms. The zero-order valence-electron chi connectivity index (χ0n) is 9.59. The van der Waals surface area contributed by atoms with Crippen LogP contribution in [0.25, 0.3) is 0 Å². The summed E-state index contributed by atoms with van der Waals surface area (Å²) >= 11 is 0. The predicted molar refractivity (Wildman–Crippen MR) is 59.4 cm³/mol. The second-order valence-electron chi connectivity index (χ2n) is 4.78. The fraction of sp³-hybridized carbons (Fsp3) is 0.700. The van der Waals surface area contributed by atoms with Crippen molar-refractivity contribution in [2.24, 2.45) is 5.41 Å². The maximum absolute atomic E-state index is 5.99. The number of hydrogen-bond donors (Lipinski definition) is 1. The van der Waals surface area contributed by atoms with Gasteiger partial charge in [-0.25, -0.2) is 0 Å². The maximum Gasteiger partial charge on any atom is 0.205 e. The zero-order valence-corrected chi connectivity index (χ0v) is 10.6. The fourth-order valence-corrected chi connectivity index (χ4v) is 2.31. The lowest BCUT2D eigenvalue weighted by Crippen LogP contribution is -2.26. The molecule has 79 valence electrons. The highest BCUT2D eigenvalue weighted by Crippen LogP contribution is 2.35. The van der Waals surface area contributed by atoms with Crippen molar-refractivity contribution in [3.63, 3.8) is 0 Å². The summed E-state index contributed by atoms with van der Waals surface area (Å²) in [4.78, 5) is 0. The van der Waals surface area contributed by atoms with Crippen LogP contribution in [0.15, 0.2) is 12.3 Å². The molecule has 1 aromatic heterocycles. The number of hydrogen-bond acceptors (Lipinski definition) is 2. The topological polar surface area (TPSA) is 37.9 Å². The van der Waals surface area contributed by atoms with Crippen LogP contribution in [-0.4, -0.2) is 19.2 Å². The largest absolute Gasteiger partial charge is 0.408 e. The van der Waals surface area contributed by atoms with Gasteiger partial charge in [-0.2, -0.15) is 5.10 Å². The van der Waals surface area contributed by atoms with Gasteiger partial charge in [0.2, 0.25) is 9.04 Å². The first kappa shape index (κ1) is 11.5. The van der Waals surface area contributed by atoms with Crippen LogP contribution in [0.1, 0.15) is 32.6 Å². The monoisotopic (exact) mass is 211 g/mol. The first-order chi connectivity index (χ1) is 6.41. The van der Waals surface area contributed by atoms with E-state index < -0.39 is 9.04 Å². The molecule has 0 aromatic carbocycles. The molecule has 1 N–H and O–H groups in total. The van der Waals surface area contributed by atoms with Crippen LogP contribution in [0.2, 0.25) is 13.1 Å². The van der Waals surface area contributed by atoms with Crippen LogP contribution in [0.5, 0.6) is 0 Å². The van der Waals surface area contributed by atoms with Gasteiger partial charge in [-0.3, -0.25) is 5.10 Å². The second-order valence-corrected chi connectivity index (χ2v) is 6.84. The number of nitrogens with one attached hydrogen (secondary N) is 1. The highest BCUT2D eigenvalue weighted by molar-refractivity contribution is 6.48. The van der Waals surface area contributed by atoms with Crippen molar-refractivity contribution in [1.82, 2.24) is 10.2 Å². The van der Waals surface area contributed by atoms with E-state index >= 15 is 0 Å². The Morgan fingerprint density at radius 2 is 2.07 bits per heavy atom. The van der Waals surface area contributed by atoms with Gasteiger partial charge in [0.05, 0.1) is 11.8 Å². The van der Waals surface area contributed by atoms with E-state index in [2.05, 4.69) is 44.1 Å². The van der Waals surface area contributed by atoms with E-state index in [0.29, 0.717) is 0 Å². The molecule has 1 atom stereocenters. The van der Waals surface area contributed by atoms with Gasteiger partial charge < -0.3 is 4.43 Å². The first-order valence-electron chi connectivity index (χ1n) is 4.87. The predicted octanol–water partition coefficient (Wildman–Crippen LogP) is 2.76. The third-order valence-corrected chi connectivity index (χ3v) is 2.65. The summed E-state index contributed by atoms with van der Waals surface area (Å²) in [5.74, 6) is 0. The van der Waals surface area contributed by atoms with Crippen LogP contribution >= 0.6 is 0 Å². The van der Waals surface area contributed by atoms with Crippen LogP contribution in [0.3, 0.4) is 0 Å². The lowest BCUT2D eigenvalue weighted by molar-refractivity contribution is 0.0827. The molecule has 0 amide bonds. The molecule has 1 heterocycles. The molecule has 0 spiro atoms. The zero-order chi connectivity index (χ0) is 10.8. The molecule has 0 aliphatic carbocycles. The first-order valence-corrected chi connectivity index (χ1v) is 7.28. The Kier molecular flexibility index (Phi) is 3.50. The Labute approximate surface area is 87.6 Å². The molecule has 0 fully saturated rings. The molecule has 0 aliphatic heterocycles. The van der Waals surface area contributed by atoms with Crippen molar-refractivity contribution in [1.29, 1.82) is 0 Å². The Bertz CT molecular complexity index is 264. The van der Waals surface area contributed by atoms with Crippen LogP contribution in [-0.2, 0) is 4.43 Å². The number of aromatic nitrogens is 2. The molecule has 0 saturated heterocycles. The minimum Gasteiger partial charge on any atom is -0.408 e. The van der Waals surface area contributed by atoms with Crippen molar-refractivity contribution < 1.29 is 4.43 Å².